The molecule has 0 nitrogen and oxygen atoms in total. The van der Waals surface area contributed by atoms with Crippen LogP contribution in [0.4, 0.5) is 0 Å². The molecule has 0 saturated heterocycles. The van der Waals surface area contributed by atoms with E-state index in [-0.39, 0.29) is 0 Å². The zero-order valence-corrected chi connectivity index (χ0v) is 15.6. The van der Waals surface area contributed by atoms with Gasteiger partial charge in [-0.1, -0.05) is 0 Å². The standard InChI is InChI=1S/C18H37As/c19-18-16-14-12-10-8-6-4-2-1-3-5-7-9-11-13-15-17-18/h18H,1-17,19H2. The van der Waals surface area contributed by atoms with Gasteiger partial charge >= 0.3 is 131 Å². The molecular weight excluding hydrogens is 291 g/mol. The summed E-state index contributed by atoms with van der Waals surface area (Å²) in [5, 5.41) is 0. The molecule has 0 aromatic rings. The summed E-state index contributed by atoms with van der Waals surface area (Å²) in [6.45, 7) is 0. The molecule has 1 unspecified atom stereocenters. The van der Waals surface area contributed by atoms with Gasteiger partial charge in [0, 0.05) is 0 Å². The van der Waals surface area contributed by atoms with E-state index in [0.717, 1.165) is 4.71 Å². The average molecular weight is 328 g/mol. The second kappa shape index (κ2) is 13.5. The van der Waals surface area contributed by atoms with E-state index >= 15 is 0 Å². The minimum atomic E-state index is 1.05. The van der Waals surface area contributed by atoms with Crippen LogP contribution in [0.5, 0.6) is 0 Å². The Hall–Kier alpha value is 0.558. The van der Waals surface area contributed by atoms with Crippen LogP contribution in [0.2, 0.25) is 4.71 Å². The van der Waals surface area contributed by atoms with Gasteiger partial charge in [0.15, 0.2) is 0 Å². The Morgan fingerprint density at radius 1 is 0.368 bits per heavy atom. The van der Waals surface area contributed by atoms with Crippen molar-refractivity contribution in [3.05, 3.63) is 0 Å². The zero-order valence-electron chi connectivity index (χ0n) is 13.2. The van der Waals surface area contributed by atoms with Crippen LogP contribution in [0.15, 0.2) is 0 Å². The Kier molecular flexibility index (Phi) is 12.5. The van der Waals surface area contributed by atoms with E-state index in [9.17, 15) is 0 Å². The first kappa shape index (κ1) is 17.6. The van der Waals surface area contributed by atoms with Gasteiger partial charge in [-0.25, -0.2) is 0 Å². The molecule has 0 spiro atoms. The molecule has 1 heteroatoms. The third-order valence-electron chi connectivity index (χ3n) is 4.65. The third kappa shape index (κ3) is 12.0. The summed E-state index contributed by atoms with van der Waals surface area (Å²) in [5.74, 6) is 0. The van der Waals surface area contributed by atoms with Gasteiger partial charge in [0.1, 0.15) is 0 Å². The first-order chi connectivity index (χ1) is 9.39. The third-order valence-corrected chi connectivity index (χ3v) is 6.05. The van der Waals surface area contributed by atoms with Crippen LogP contribution in [0, 0.1) is 0 Å². The van der Waals surface area contributed by atoms with E-state index < -0.39 is 0 Å². The summed E-state index contributed by atoms with van der Waals surface area (Å²) < 4.78 is 1.05. The summed E-state index contributed by atoms with van der Waals surface area (Å²) in [4.78, 5) is 0. The van der Waals surface area contributed by atoms with Crippen LogP contribution in [0.3, 0.4) is 0 Å². The summed E-state index contributed by atoms with van der Waals surface area (Å²) in [5.41, 5.74) is 0. The minimum absolute atomic E-state index is 1.05. The average Bonchev–Trinajstić information content (AvgIpc) is 2.41. The van der Waals surface area contributed by atoms with Gasteiger partial charge in [0.25, 0.3) is 0 Å². The first-order valence-corrected chi connectivity index (χ1v) is 10.5. The van der Waals surface area contributed by atoms with E-state index in [4.69, 9.17) is 0 Å². The summed E-state index contributed by atoms with van der Waals surface area (Å²) in [6, 6.07) is 0. The van der Waals surface area contributed by atoms with Crippen molar-refractivity contribution in [1.82, 2.24) is 0 Å². The molecule has 1 aliphatic carbocycles. The van der Waals surface area contributed by atoms with Crippen LogP contribution >= 0.6 is 0 Å². The van der Waals surface area contributed by atoms with Crippen molar-refractivity contribution in [3.8, 4) is 0 Å². The molecule has 1 rings (SSSR count). The Balaban J connectivity index is 2.08. The van der Waals surface area contributed by atoms with Gasteiger partial charge in [-0.15, -0.1) is 0 Å². The molecule has 114 valence electrons. The molecule has 0 aromatic heterocycles. The molecular formula is C18H37As. The molecule has 0 amide bonds. The van der Waals surface area contributed by atoms with Gasteiger partial charge in [-0.3, -0.25) is 0 Å². The van der Waals surface area contributed by atoms with Crippen LogP contribution in [-0.4, -0.2) is 16.9 Å². The van der Waals surface area contributed by atoms with Gasteiger partial charge in [0.05, 0.1) is 0 Å². The van der Waals surface area contributed by atoms with E-state index in [1.54, 1.807) is 0 Å². The Bertz CT molecular complexity index is 161. The van der Waals surface area contributed by atoms with Crippen LogP contribution in [-0.2, 0) is 0 Å². The van der Waals surface area contributed by atoms with Crippen molar-refractivity contribution >= 4 is 16.9 Å². The zero-order chi connectivity index (χ0) is 13.6. The molecule has 1 aliphatic rings. The van der Waals surface area contributed by atoms with Crippen molar-refractivity contribution in [3.63, 3.8) is 0 Å². The Morgan fingerprint density at radius 2 is 0.579 bits per heavy atom. The Labute approximate surface area is 131 Å². The fourth-order valence-electron chi connectivity index (χ4n) is 3.26. The maximum atomic E-state index is 2.01. The van der Waals surface area contributed by atoms with Crippen LogP contribution in [0.1, 0.15) is 109 Å². The number of hydrogen-bond donors (Lipinski definition) is 0. The maximum absolute atomic E-state index is 2.01. The number of hydrogen-bond acceptors (Lipinski definition) is 0. The van der Waals surface area contributed by atoms with Gasteiger partial charge in [0.2, 0.25) is 0 Å². The van der Waals surface area contributed by atoms with E-state index in [0.29, 0.717) is 0 Å². The van der Waals surface area contributed by atoms with Crippen LogP contribution < -0.4 is 0 Å². The fraction of sp³-hybridized carbons (Fsp3) is 1.00. The molecule has 0 heterocycles. The van der Waals surface area contributed by atoms with Crippen molar-refractivity contribution < 1.29 is 0 Å². The van der Waals surface area contributed by atoms with Crippen molar-refractivity contribution in [2.75, 3.05) is 0 Å². The quantitative estimate of drug-likeness (QED) is 0.475. The molecule has 0 radical (unpaired) electrons. The molecule has 0 aliphatic heterocycles. The van der Waals surface area contributed by atoms with E-state index in [1.165, 1.54) is 109 Å². The molecule has 1 atom stereocenters. The summed E-state index contributed by atoms with van der Waals surface area (Å²) in [6.07, 6.45) is 25.5. The predicted molar refractivity (Wildman–Crippen MR) is 90.8 cm³/mol. The van der Waals surface area contributed by atoms with Crippen molar-refractivity contribution in [2.45, 2.75) is 114 Å². The van der Waals surface area contributed by atoms with E-state index in [2.05, 4.69) is 0 Å². The first-order valence-electron chi connectivity index (χ1n) is 9.15. The second-order valence-corrected chi connectivity index (χ2v) is 8.62. The predicted octanol–water partition coefficient (Wildman–Crippen LogP) is 6.05. The SMILES string of the molecule is [AsH2]C1CCCCCCCCCCCCCCCCC1. The van der Waals surface area contributed by atoms with Crippen LogP contribution in [0.25, 0.3) is 0 Å². The molecule has 19 heavy (non-hydrogen) atoms. The molecule has 1 fully saturated rings. The second-order valence-electron chi connectivity index (χ2n) is 6.64. The normalized spacial score (nSPS) is 24.5. The topological polar surface area (TPSA) is 0 Å². The molecule has 0 bridgehead atoms. The van der Waals surface area contributed by atoms with Gasteiger partial charge < -0.3 is 0 Å². The van der Waals surface area contributed by atoms with Gasteiger partial charge in [-0.2, -0.15) is 0 Å². The fourth-order valence-corrected chi connectivity index (χ4v) is 4.24. The number of rotatable bonds is 0. The van der Waals surface area contributed by atoms with Crippen molar-refractivity contribution in [1.29, 1.82) is 0 Å². The molecule has 1 saturated carbocycles. The van der Waals surface area contributed by atoms with Gasteiger partial charge in [-0.05, 0) is 0 Å². The molecule has 0 N–H and O–H groups in total. The Morgan fingerprint density at radius 3 is 0.842 bits per heavy atom. The summed E-state index contributed by atoms with van der Waals surface area (Å²) >= 11 is 2.01. The molecule has 0 aromatic carbocycles. The monoisotopic (exact) mass is 328 g/mol. The van der Waals surface area contributed by atoms with Crippen molar-refractivity contribution in [2.24, 2.45) is 0 Å². The van der Waals surface area contributed by atoms with E-state index in [1.807, 2.05) is 16.9 Å². The summed E-state index contributed by atoms with van der Waals surface area (Å²) in [7, 11) is 0.